The van der Waals surface area contributed by atoms with Crippen molar-refractivity contribution in [3.8, 4) is 10.6 Å². The number of alkyl halides is 6. The van der Waals surface area contributed by atoms with Crippen LogP contribution in [0.1, 0.15) is 205 Å². The first-order valence-corrected chi connectivity index (χ1v) is 42.0. The summed E-state index contributed by atoms with van der Waals surface area (Å²) in [5.41, 5.74) is -8.54. The minimum atomic E-state index is -5.78. The van der Waals surface area contributed by atoms with Gasteiger partial charge in [-0.25, -0.2) is 8.42 Å². The lowest BCUT2D eigenvalue weighted by atomic mass is 9.48. The van der Waals surface area contributed by atoms with E-state index < -0.39 is 78.0 Å². The van der Waals surface area contributed by atoms with Gasteiger partial charge in [-0.3, -0.25) is 19.2 Å². The number of rotatable bonds is 19. The van der Waals surface area contributed by atoms with Gasteiger partial charge in [0.25, 0.3) is 0 Å². The molecule has 4 bridgehead atoms. The molecular weight excluding hydrogens is 1580 g/mol. The molecule has 5 aromatic carbocycles. The number of benzene rings is 5. The Morgan fingerprint density at radius 2 is 1.14 bits per heavy atom. The number of nitrogens with zero attached hydrogens (tertiary/aromatic N) is 1. The molecule has 27 heteroatoms. The van der Waals surface area contributed by atoms with Crippen molar-refractivity contribution < 1.29 is 101 Å². The van der Waals surface area contributed by atoms with Gasteiger partial charge in [0.15, 0.2) is 14.3 Å². The highest BCUT2D eigenvalue weighted by Crippen LogP contribution is 2.64. The third-order valence-electron chi connectivity index (χ3n) is 21.8. The molecule has 598 valence electrons. The number of nitrogens with two attached hydrogens (primary N) is 1. The van der Waals surface area contributed by atoms with Crippen molar-refractivity contribution in [2.24, 2.45) is 43.8 Å². The van der Waals surface area contributed by atoms with Crippen LogP contribution in [0.5, 0.6) is 5.75 Å². The Balaban J connectivity index is 0.000000210. The minimum absolute atomic E-state index is 0.00100. The van der Waals surface area contributed by atoms with E-state index in [9.17, 15) is 77.1 Å². The zero-order valence-electron chi connectivity index (χ0n) is 64.5. The summed E-state index contributed by atoms with van der Waals surface area (Å²) >= 11 is 1.83. The molecule has 1 aliphatic heterocycles. The summed E-state index contributed by atoms with van der Waals surface area (Å²) in [6.07, 6.45) is 2.03. The van der Waals surface area contributed by atoms with Crippen molar-refractivity contribution in [3.63, 3.8) is 0 Å². The number of phenols is 1. The van der Waals surface area contributed by atoms with E-state index in [1.54, 1.807) is 26.0 Å². The second-order valence-corrected chi connectivity index (χ2v) is 38.7. The molecule has 2 heterocycles. The number of phenolic OH excluding ortho intramolecular Hbond substituents is 1. The number of halogens is 7. The van der Waals surface area contributed by atoms with Gasteiger partial charge in [0.1, 0.15) is 22.6 Å². The second-order valence-electron chi connectivity index (χ2n) is 32.4. The molecule has 6 aliphatic rings. The lowest BCUT2D eigenvalue weighted by molar-refractivity contribution is -0.728. The number of hydrogen-bond donors (Lipinski definition) is 2. The van der Waals surface area contributed by atoms with Crippen LogP contribution in [-0.4, -0.2) is 110 Å². The number of carbonyl (C=O) groups excluding carboxylic acids is 4. The van der Waals surface area contributed by atoms with Crippen LogP contribution in [0.4, 0.5) is 26.3 Å². The minimum Gasteiger partial charge on any atom is -0.858 e. The zero-order chi connectivity index (χ0) is 81.1. The van der Waals surface area contributed by atoms with Crippen LogP contribution in [0.25, 0.3) is 25.1 Å². The quantitative estimate of drug-likeness (QED) is 0.0112. The van der Waals surface area contributed by atoms with Crippen molar-refractivity contribution in [3.05, 3.63) is 142 Å². The Hall–Kier alpha value is -6.40. The molecule has 3 N–H and O–H groups in total. The molecule has 1 aromatic heterocycles. The van der Waals surface area contributed by atoms with E-state index in [0.29, 0.717) is 47.3 Å². The fraction of sp³-hybridized carbons (Fsp3) is 0.568. The molecule has 0 radical (unpaired) electrons. The molecule has 17 nitrogen and oxygen atoms in total. The summed E-state index contributed by atoms with van der Waals surface area (Å²) in [4.78, 5) is 50.9. The molecular formula is C81H107F6IN2O15S3. The van der Waals surface area contributed by atoms with Gasteiger partial charge in [-0.15, -0.1) is 0 Å². The molecule has 0 amide bonds. The van der Waals surface area contributed by atoms with Crippen LogP contribution >= 0.6 is 33.1 Å². The number of hydrogen-bond acceptors (Lipinski definition) is 15. The van der Waals surface area contributed by atoms with Crippen LogP contribution in [0.15, 0.2) is 132 Å². The van der Waals surface area contributed by atoms with Crippen molar-refractivity contribution in [1.29, 1.82) is 0 Å². The summed E-state index contributed by atoms with van der Waals surface area (Å²) in [7, 11) is -11.0. The van der Waals surface area contributed by atoms with Gasteiger partial charge in [-0.05, 0) is 257 Å². The van der Waals surface area contributed by atoms with Crippen molar-refractivity contribution in [2.75, 3.05) is 18.8 Å². The summed E-state index contributed by atoms with van der Waals surface area (Å²) in [5.74, 6) is -4.13. The van der Waals surface area contributed by atoms with Gasteiger partial charge in [0.05, 0.1) is 56.5 Å². The first-order chi connectivity index (χ1) is 49.8. The SMILES string of the molecule is CCC(C)(C)C(=O)OC(C)(C)C1C[NH2+]C1.CCC(C)(C)C(=O)OC1(C)CCCC1.CCC(C)(C)C(=O)OC12CC3CC(C1)CC(C(=O)OC(CS(=O)(=O)[O-])C(F)(F)F)(C3)C2.CCC(C)(C)c1cccc(O)c1.O=S(=O)(N=C([O-])c1cccc(I)c1)C(F)(F)F.c1ccc(-[s+]2c3ccccc3c3ccccc32)cc1. The summed E-state index contributed by atoms with van der Waals surface area (Å²) in [6.45, 7) is 32.0. The van der Waals surface area contributed by atoms with Gasteiger partial charge < -0.3 is 39.0 Å². The van der Waals surface area contributed by atoms with Crippen molar-refractivity contribution in [1.82, 2.24) is 0 Å². The number of sulfonamides is 1. The predicted molar refractivity (Wildman–Crippen MR) is 414 cm³/mol. The molecule has 1 saturated heterocycles. The average Bonchev–Trinajstić information content (AvgIpc) is 0.828. The monoisotopic (exact) mass is 1680 g/mol. The van der Waals surface area contributed by atoms with E-state index >= 15 is 0 Å². The van der Waals surface area contributed by atoms with Gasteiger partial charge in [-0.2, -0.15) is 39.2 Å². The predicted octanol–water partition coefficient (Wildman–Crippen LogP) is 17.6. The first kappa shape index (κ1) is 90.5. The number of carbonyl (C=O) groups is 4. The normalized spacial score (nSPS) is 20.4. The summed E-state index contributed by atoms with van der Waals surface area (Å²) in [6, 6.07) is 41.3. The topological polar surface area (TPSA) is 269 Å². The van der Waals surface area contributed by atoms with Crippen molar-refractivity contribution in [2.45, 2.75) is 234 Å². The Kier molecular flexibility index (Phi) is 30.1. The average molecular weight is 1690 g/mol. The fourth-order valence-corrected chi connectivity index (χ4v) is 17.5. The molecule has 5 saturated carbocycles. The van der Waals surface area contributed by atoms with Crippen LogP contribution in [-0.2, 0) is 63.7 Å². The van der Waals surface area contributed by atoms with Crippen LogP contribution in [0.2, 0.25) is 0 Å². The Labute approximate surface area is 649 Å². The summed E-state index contributed by atoms with van der Waals surface area (Å²) in [5, 5.41) is 25.5. The third kappa shape index (κ3) is 24.1. The maximum Gasteiger partial charge on any atom is 0.518 e. The zero-order valence-corrected chi connectivity index (χ0v) is 69.1. The molecule has 3 atom stereocenters. The maximum absolute atomic E-state index is 13.3. The molecule has 108 heavy (non-hydrogen) atoms. The van der Waals surface area contributed by atoms with Gasteiger partial charge >= 0.3 is 45.6 Å². The maximum atomic E-state index is 13.3. The standard InChI is InChI=1S/C20H29F3O7S.C18H13S.C12H23NO2.C12H22O2.C11H16O.C8H5F3INO3S/c1-4-17(2,3)15(24)30-19-8-12-5-13(9-19)7-18(6-12,11-19)16(25)29-14(20(21,22)23)10-31(26,27)28;1-2-8-14(9-3-1)19-17-12-6-4-10-15(17)16-11-5-7-13-18(16)19;1-6-11(2,3)10(14)15-12(4,5)9-7-13-8-9;1-5-11(2,3)10(13)14-12(4)8-6-7-9-12;1-4-11(2,3)9-6-5-7-10(12)8-9;9-8(10,11)17(15,16)13-7(14)5-2-1-3-6(12)4-5/h12-14H,4-11H2,1-3H3,(H,26,27,28);1-13H;9,13H,6-8H2,1-5H3;5-9H2,1-4H3;5-8,12H,4H2,1-3H3;1-4H,(H,13,14)/q;+1;;;;/p-1. The smallest absolute Gasteiger partial charge is 0.518 e. The van der Waals surface area contributed by atoms with Crippen LogP contribution in [0, 0.1) is 43.0 Å². The van der Waals surface area contributed by atoms with E-state index in [1.165, 1.54) is 61.7 Å². The van der Waals surface area contributed by atoms with E-state index in [0.717, 1.165) is 51.6 Å². The van der Waals surface area contributed by atoms with Crippen molar-refractivity contribution >= 4 is 103 Å². The highest BCUT2D eigenvalue weighted by Gasteiger charge is 2.64. The highest BCUT2D eigenvalue weighted by atomic mass is 127. The third-order valence-corrected chi connectivity index (χ3v) is 26.5. The van der Waals surface area contributed by atoms with E-state index in [1.807, 2.05) is 97.0 Å². The number of quaternary nitrogens is 1. The van der Waals surface area contributed by atoms with E-state index in [-0.39, 0.29) is 73.7 Å². The van der Waals surface area contributed by atoms with Gasteiger partial charge in [-0.1, -0.05) is 108 Å². The van der Waals surface area contributed by atoms with Gasteiger partial charge in [0, 0.05) is 37.1 Å². The summed E-state index contributed by atoms with van der Waals surface area (Å²) < 4.78 is 157. The molecule has 6 fully saturated rings. The Morgan fingerprint density at radius 3 is 1.59 bits per heavy atom. The number of ether oxygens (including phenoxy) is 4. The fourth-order valence-electron chi connectivity index (χ4n) is 13.5. The lowest BCUT2D eigenvalue weighted by Crippen LogP contribution is -2.98. The highest BCUT2D eigenvalue weighted by molar-refractivity contribution is 14.1. The molecule has 12 rings (SSSR count). The largest absolute Gasteiger partial charge is 0.858 e. The second kappa shape index (κ2) is 36.0. The molecule has 5 aliphatic carbocycles. The lowest BCUT2D eigenvalue weighted by Gasteiger charge is -2.60. The van der Waals surface area contributed by atoms with E-state index in [2.05, 4.69) is 127 Å². The Morgan fingerprint density at radius 1 is 0.648 bits per heavy atom. The number of fused-ring (bicyclic) bond motifs is 3. The van der Waals surface area contributed by atoms with E-state index in [4.69, 9.17) is 14.2 Å². The number of esters is 4. The van der Waals surface area contributed by atoms with Crippen LogP contribution in [0.3, 0.4) is 0 Å². The number of thiophene rings is 1. The van der Waals surface area contributed by atoms with Crippen LogP contribution < -0.4 is 10.4 Å². The molecule has 6 aromatic rings. The molecule has 3 unspecified atom stereocenters. The Bertz CT molecular complexity index is 4270. The van der Waals surface area contributed by atoms with Gasteiger partial charge in [0.2, 0.25) is 6.10 Å². The molecule has 0 spiro atoms. The number of aromatic hydroxyl groups is 1. The first-order valence-electron chi connectivity index (χ1n) is 36.7.